The van der Waals surface area contributed by atoms with Gasteiger partial charge in [0.05, 0.1) is 11.1 Å². The lowest BCUT2D eigenvalue weighted by Crippen LogP contribution is -2.28. The van der Waals surface area contributed by atoms with E-state index in [4.69, 9.17) is 4.42 Å². The van der Waals surface area contributed by atoms with Gasteiger partial charge in [-0.15, -0.1) is 0 Å². The normalized spacial score (nSPS) is 14.1. The van der Waals surface area contributed by atoms with Crippen molar-refractivity contribution in [2.75, 3.05) is 4.90 Å². The molecule has 0 fully saturated rings. The Morgan fingerprint density at radius 1 is 0.383 bits per heavy atom. The van der Waals surface area contributed by atoms with Gasteiger partial charge in [0, 0.05) is 33.1 Å². The van der Waals surface area contributed by atoms with Crippen molar-refractivity contribution in [2.24, 2.45) is 0 Å². The summed E-state index contributed by atoms with van der Waals surface area (Å²) in [6.45, 7) is 4.72. The molecule has 0 saturated heterocycles. The molecule has 0 unspecified atom stereocenters. The van der Waals surface area contributed by atoms with Crippen LogP contribution in [0.2, 0.25) is 0 Å². The molecule has 0 N–H and O–H groups in total. The molecule has 2 aliphatic carbocycles. The average Bonchev–Trinajstić information content (AvgIpc) is 3.91. The van der Waals surface area contributed by atoms with Crippen molar-refractivity contribution in [3.8, 4) is 33.4 Å². The fourth-order valence-electron chi connectivity index (χ4n) is 10.6. The van der Waals surface area contributed by atoms with E-state index >= 15 is 0 Å². The molecule has 12 rings (SSSR count). The highest BCUT2D eigenvalue weighted by molar-refractivity contribution is 6.06. The summed E-state index contributed by atoms with van der Waals surface area (Å²) in [5, 5.41) is 2.28. The lowest BCUT2D eigenvalue weighted by Gasteiger charge is -2.35. The highest BCUT2D eigenvalue weighted by atomic mass is 16.3. The van der Waals surface area contributed by atoms with Crippen molar-refractivity contribution < 1.29 is 4.42 Å². The molecule has 0 bridgehead atoms. The SMILES string of the molecule is CC1(C)c2ccccc2-c2c(N(c3ccc(-c4ccc5c(c4)oc4ccccc45)cc3)c3ccc4c(c3)C(c3ccccc3)(c3ccccc3)c3ccccc3-4)cccc21. The van der Waals surface area contributed by atoms with Crippen LogP contribution in [0.4, 0.5) is 17.1 Å². The van der Waals surface area contributed by atoms with Gasteiger partial charge < -0.3 is 9.32 Å². The second-order valence-corrected chi connectivity index (χ2v) is 16.8. The lowest BCUT2D eigenvalue weighted by molar-refractivity contribution is 0.660. The Labute approximate surface area is 350 Å². The van der Waals surface area contributed by atoms with Crippen LogP contribution >= 0.6 is 0 Å². The van der Waals surface area contributed by atoms with Crippen molar-refractivity contribution in [2.45, 2.75) is 24.7 Å². The molecule has 284 valence electrons. The molecule has 0 spiro atoms. The Hall–Kier alpha value is -7.42. The van der Waals surface area contributed by atoms with E-state index in [0.717, 1.165) is 44.4 Å². The summed E-state index contributed by atoms with van der Waals surface area (Å²) in [4.78, 5) is 2.49. The van der Waals surface area contributed by atoms with Crippen LogP contribution in [0.1, 0.15) is 47.2 Å². The minimum Gasteiger partial charge on any atom is -0.456 e. The molecule has 0 saturated carbocycles. The molecule has 1 aromatic heterocycles. The first-order valence-corrected chi connectivity index (χ1v) is 20.9. The minimum atomic E-state index is -0.511. The topological polar surface area (TPSA) is 16.4 Å². The first kappa shape index (κ1) is 34.6. The van der Waals surface area contributed by atoms with Gasteiger partial charge in [-0.1, -0.05) is 178 Å². The zero-order valence-corrected chi connectivity index (χ0v) is 33.6. The molecule has 0 atom stereocenters. The van der Waals surface area contributed by atoms with Gasteiger partial charge in [0.1, 0.15) is 11.2 Å². The minimum absolute atomic E-state index is 0.137. The Balaban J connectivity index is 1.09. The van der Waals surface area contributed by atoms with Crippen molar-refractivity contribution in [1.29, 1.82) is 0 Å². The van der Waals surface area contributed by atoms with E-state index in [-0.39, 0.29) is 5.41 Å². The number of hydrogen-bond donors (Lipinski definition) is 0. The Morgan fingerprint density at radius 3 is 1.73 bits per heavy atom. The zero-order valence-electron chi connectivity index (χ0n) is 33.6. The number of para-hydroxylation sites is 1. The number of furan rings is 1. The molecule has 60 heavy (non-hydrogen) atoms. The maximum absolute atomic E-state index is 6.31. The Bertz CT molecular complexity index is 3240. The number of rotatable bonds is 6. The molecule has 0 aliphatic heterocycles. The zero-order chi connectivity index (χ0) is 40.0. The van der Waals surface area contributed by atoms with Crippen LogP contribution in [0.25, 0.3) is 55.3 Å². The molecule has 9 aromatic carbocycles. The molecule has 2 aliphatic rings. The first-order valence-electron chi connectivity index (χ1n) is 20.9. The summed E-state index contributed by atoms with van der Waals surface area (Å²) >= 11 is 0. The quantitative estimate of drug-likeness (QED) is 0.168. The molecule has 1 heterocycles. The van der Waals surface area contributed by atoms with Crippen LogP contribution in [0.5, 0.6) is 0 Å². The van der Waals surface area contributed by atoms with Crippen LogP contribution < -0.4 is 4.90 Å². The molecule has 10 aromatic rings. The van der Waals surface area contributed by atoms with E-state index in [2.05, 4.69) is 219 Å². The van der Waals surface area contributed by atoms with E-state index in [0.29, 0.717) is 0 Å². The van der Waals surface area contributed by atoms with Gasteiger partial charge in [-0.3, -0.25) is 0 Å². The summed E-state index contributed by atoms with van der Waals surface area (Å²) < 4.78 is 6.31. The summed E-state index contributed by atoms with van der Waals surface area (Å²) in [5.41, 5.74) is 19.8. The van der Waals surface area contributed by atoms with Crippen molar-refractivity contribution in [3.63, 3.8) is 0 Å². The van der Waals surface area contributed by atoms with Crippen LogP contribution in [-0.2, 0) is 10.8 Å². The second-order valence-electron chi connectivity index (χ2n) is 16.8. The smallest absolute Gasteiger partial charge is 0.136 e. The fraction of sp³-hybridized carbons (Fsp3) is 0.0690. The van der Waals surface area contributed by atoms with Crippen molar-refractivity contribution >= 4 is 39.0 Å². The molecule has 2 heteroatoms. The molecule has 0 radical (unpaired) electrons. The summed E-state index contributed by atoms with van der Waals surface area (Å²) in [6.07, 6.45) is 0. The lowest BCUT2D eigenvalue weighted by atomic mass is 9.67. The fourth-order valence-corrected chi connectivity index (χ4v) is 10.6. The summed E-state index contributed by atoms with van der Waals surface area (Å²) in [6, 6.07) is 78.1. The van der Waals surface area contributed by atoms with Crippen LogP contribution in [-0.4, -0.2) is 0 Å². The van der Waals surface area contributed by atoms with Gasteiger partial charge in [0.15, 0.2) is 0 Å². The van der Waals surface area contributed by atoms with E-state index in [1.807, 2.05) is 12.1 Å². The maximum Gasteiger partial charge on any atom is 0.136 e. The number of nitrogens with zero attached hydrogens (tertiary/aromatic N) is 1. The second kappa shape index (κ2) is 13.0. The number of hydrogen-bond acceptors (Lipinski definition) is 2. The number of fused-ring (bicyclic) bond motifs is 9. The van der Waals surface area contributed by atoms with E-state index in [9.17, 15) is 0 Å². The predicted molar refractivity (Wildman–Crippen MR) is 249 cm³/mol. The highest BCUT2D eigenvalue weighted by Gasteiger charge is 2.46. The van der Waals surface area contributed by atoms with Gasteiger partial charge in [-0.05, 0) is 110 Å². The van der Waals surface area contributed by atoms with Gasteiger partial charge in [-0.25, -0.2) is 0 Å². The van der Waals surface area contributed by atoms with E-state index < -0.39 is 5.41 Å². The third-order valence-corrected chi connectivity index (χ3v) is 13.4. The van der Waals surface area contributed by atoms with Gasteiger partial charge in [0.2, 0.25) is 0 Å². The van der Waals surface area contributed by atoms with E-state index in [1.165, 1.54) is 61.3 Å². The largest absolute Gasteiger partial charge is 0.456 e. The monoisotopic (exact) mass is 767 g/mol. The first-order chi connectivity index (χ1) is 29.5. The van der Waals surface area contributed by atoms with Crippen LogP contribution in [0.3, 0.4) is 0 Å². The van der Waals surface area contributed by atoms with Crippen molar-refractivity contribution in [1.82, 2.24) is 0 Å². The molecular weight excluding hydrogens is 727 g/mol. The predicted octanol–water partition coefficient (Wildman–Crippen LogP) is 15.4. The van der Waals surface area contributed by atoms with E-state index in [1.54, 1.807) is 0 Å². The van der Waals surface area contributed by atoms with Crippen LogP contribution in [0, 0.1) is 0 Å². The third-order valence-electron chi connectivity index (χ3n) is 13.4. The maximum atomic E-state index is 6.31. The number of anilines is 3. The standard InChI is InChI=1S/C58H41NO/c1-57(2)49-23-12-10-22-48(49)56-51(57)25-15-26-53(56)59(42-31-28-38(29-32-42)39-30-34-47-46-21-11-14-27-54(46)60-55(47)36-39)43-33-35-45-44-20-9-13-24-50(44)58(52(45)37-43,40-16-5-3-6-17-40)41-18-7-4-8-19-41/h3-37H,1-2H3. The average molecular weight is 768 g/mol. The van der Waals surface area contributed by atoms with Crippen molar-refractivity contribution in [3.05, 3.63) is 246 Å². The third kappa shape index (κ3) is 4.88. The van der Waals surface area contributed by atoms with Gasteiger partial charge >= 0.3 is 0 Å². The number of benzene rings is 9. The highest BCUT2D eigenvalue weighted by Crippen LogP contribution is 2.59. The Morgan fingerprint density at radius 2 is 0.967 bits per heavy atom. The van der Waals surface area contributed by atoms with Gasteiger partial charge in [0.25, 0.3) is 0 Å². The van der Waals surface area contributed by atoms with Crippen LogP contribution in [0.15, 0.2) is 217 Å². The summed E-state index contributed by atoms with van der Waals surface area (Å²) in [5.74, 6) is 0. The molecule has 0 amide bonds. The summed E-state index contributed by atoms with van der Waals surface area (Å²) in [7, 11) is 0. The Kier molecular flexibility index (Phi) is 7.52. The molecule has 2 nitrogen and oxygen atoms in total. The molecular formula is C58H41NO. The van der Waals surface area contributed by atoms with Gasteiger partial charge in [-0.2, -0.15) is 0 Å².